The first-order valence-electron chi connectivity index (χ1n) is 8.91. The molecule has 0 N–H and O–H groups in total. The van der Waals surface area contributed by atoms with Crippen LogP contribution in [0.15, 0.2) is 48.5 Å². The molecule has 1 atom stereocenters. The van der Waals surface area contributed by atoms with Crippen LogP contribution in [-0.4, -0.2) is 38.2 Å². The number of amides is 1. The molecule has 0 saturated carbocycles. The van der Waals surface area contributed by atoms with E-state index >= 15 is 0 Å². The summed E-state index contributed by atoms with van der Waals surface area (Å²) in [5, 5.41) is 0. The number of hydrogen-bond acceptors (Lipinski definition) is 5. The molecule has 0 aliphatic rings. The highest BCUT2D eigenvalue weighted by molar-refractivity contribution is 5.98. The van der Waals surface area contributed by atoms with E-state index in [9.17, 15) is 9.59 Å². The summed E-state index contributed by atoms with van der Waals surface area (Å²) in [6.07, 6.45) is -0.926. The molecule has 0 spiro atoms. The van der Waals surface area contributed by atoms with E-state index in [2.05, 4.69) is 0 Å². The molecule has 0 bridgehead atoms. The Morgan fingerprint density at radius 1 is 0.963 bits per heavy atom. The topological polar surface area (TPSA) is 65.1 Å². The van der Waals surface area contributed by atoms with Gasteiger partial charge in [0, 0.05) is 12.7 Å². The summed E-state index contributed by atoms with van der Waals surface area (Å²) < 4.78 is 16.4. The smallest absolute Gasteiger partial charge is 0.339 e. The third kappa shape index (κ3) is 5.23. The molecule has 6 nitrogen and oxygen atoms in total. The zero-order valence-corrected chi connectivity index (χ0v) is 16.1. The molecular formula is C21H25NO5. The zero-order valence-electron chi connectivity index (χ0n) is 16.1. The minimum Gasteiger partial charge on any atom is -0.490 e. The Morgan fingerprint density at radius 2 is 1.59 bits per heavy atom. The number of carbonyl (C=O) groups is 2. The van der Waals surface area contributed by atoms with Crippen molar-refractivity contribution in [3.8, 4) is 11.5 Å². The monoisotopic (exact) mass is 371 g/mol. The van der Waals surface area contributed by atoms with Crippen LogP contribution >= 0.6 is 0 Å². The zero-order chi connectivity index (χ0) is 19.8. The number of ether oxygens (including phenoxy) is 3. The minimum atomic E-state index is -0.926. The quantitative estimate of drug-likeness (QED) is 0.662. The number of benzene rings is 2. The fourth-order valence-corrected chi connectivity index (χ4v) is 2.51. The second-order valence-corrected chi connectivity index (χ2v) is 5.81. The molecular weight excluding hydrogens is 346 g/mol. The Hall–Kier alpha value is -3.02. The van der Waals surface area contributed by atoms with Crippen LogP contribution in [0.5, 0.6) is 11.5 Å². The molecule has 1 amide bonds. The molecule has 0 heterocycles. The van der Waals surface area contributed by atoms with Crippen LogP contribution in [0.25, 0.3) is 0 Å². The average Bonchev–Trinajstić information content (AvgIpc) is 2.69. The summed E-state index contributed by atoms with van der Waals surface area (Å²) in [4.78, 5) is 26.4. The van der Waals surface area contributed by atoms with Gasteiger partial charge in [0.05, 0.1) is 18.8 Å². The fraction of sp³-hybridized carbons (Fsp3) is 0.333. The highest BCUT2D eigenvalue weighted by Gasteiger charge is 2.23. The van der Waals surface area contributed by atoms with Gasteiger partial charge in [0.15, 0.2) is 17.6 Å². The number of para-hydroxylation sites is 1. The van der Waals surface area contributed by atoms with Gasteiger partial charge in [0.25, 0.3) is 5.91 Å². The van der Waals surface area contributed by atoms with Crippen molar-refractivity contribution in [1.82, 2.24) is 0 Å². The molecule has 0 aliphatic heterocycles. The molecule has 0 saturated heterocycles. The summed E-state index contributed by atoms with van der Waals surface area (Å²) in [7, 11) is 1.64. The Bertz CT molecular complexity index is 775. The van der Waals surface area contributed by atoms with Crippen molar-refractivity contribution in [3.05, 3.63) is 54.1 Å². The van der Waals surface area contributed by atoms with Crippen LogP contribution in [0.2, 0.25) is 0 Å². The standard InChI is InChI=1S/C21H25NO5/c1-5-25-18-13-12-16(14-19(18)26-6-2)21(24)27-15(3)20(23)22(4)17-10-8-7-9-11-17/h7-15H,5-6H2,1-4H3/t15-/m0/s1. The Balaban J connectivity index is 2.09. The lowest BCUT2D eigenvalue weighted by Gasteiger charge is -2.21. The maximum Gasteiger partial charge on any atom is 0.339 e. The predicted octanol–water partition coefficient (Wildman–Crippen LogP) is 3.69. The van der Waals surface area contributed by atoms with Crippen molar-refractivity contribution >= 4 is 17.6 Å². The number of anilines is 1. The fourth-order valence-electron chi connectivity index (χ4n) is 2.51. The molecule has 0 unspecified atom stereocenters. The van der Waals surface area contributed by atoms with Crippen molar-refractivity contribution in [2.75, 3.05) is 25.2 Å². The van der Waals surface area contributed by atoms with Gasteiger partial charge in [-0.2, -0.15) is 0 Å². The molecule has 2 rings (SSSR count). The Labute approximate surface area is 159 Å². The molecule has 6 heteroatoms. The van der Waals surface area contributed by atoms with Gasteiger partial charge in [-0.25, -0.2) is 4.79 Å². The van der Waals surface area contributed by atoms with Crippen molar-refractivity contribution in [2.24, 2.45) is 0 Å². The van der Waals surface area contributed by atoms with Crippen LogP contribution in [0.3, 0.4) is 0 Å². The second kappa shape index (κ2) is 9.62. The predicted molar refractivity (Wildman–Crippen MR) is 104 cm³/mol. The van der Waals surface area contributed by atoms with Gasteiger partial charge in [-0.1, -0.05) is 18.2 Å². The van der Waals surface area contributed by atoms with Crippen LogP contribution in [-0.2, 0) is 9.53 Å². The van der Waals surface area contributed by atoms with Crippen molar-refractivity contribution in [2.45, 2.75) is 26.9 Å². The highest BCUT2D eigenvalue weighted by atomic mass is 16.5. The third-order valence-electron chi connectivity index (χ3n) is 3.88. The summed E-state index contributed by atoms with van der Waals surface area (Å²) in [6, 6.07) is 14.0. The van der Waals surface area contributed by atoms with E-state index in [0.29, 0.717) is 30.3 Å². The van der Waals surface area contributed by atoms with E-state index < -0.39 is 12.1 Å². The lowest BCUT2D eigenvalue weighted by molar-refractivity contribution is -0.126. The van der Waals surface area contributed by atoms with Crippen molar-refractivity contribution < 1.29 is 23.8 Å². The first-order chi connectivity index (χ1) is 13.0. The van der Waals surface area contributed by atoms with Crippen LogP contribution in [0, 0.1) is 0 Å². The van der Waals surface area contributed by atoms with Gasteiger partial charge in [-0.15, -0.1) is 0 Å². The summed E-state index contributed by atoms with van der Waals surface area (Å²) in [5.41, 5.74) is 1.02. The molecule has 0 aromatic heterocycles. The normalized spacial score (nSPS) is 11.4. The summed E-state index contributed by atoms with van der Waals surface area (Å²) in [6.45, 7) is 6.20. The van der Waals surface area contributed by atoms with Gasteiger partial charge in [0.2, 0.25) is 0 Å². The Morgan fingerprint density at radius 3 is 2.22 bits per heavy atom. The van der Waals surface area contributed by atoms with Gasteiger partial charge in [-0.3, -0.25) is 4.79 Å². The number of likely N-dealkylation sites (N-methyl/N-ethyl adjacent to an activating group) is 1. The number of rotatable bonds is 8. The lowest BCUT2D eigenvalue weighted by atomic mass is 10.2. The van der Waals surface area contributed by atoms with E-state index in [1.165, 1.54) is 4.90 Å². The molecule has 2 aromatic rings. The SMILES string of the molecule is CCOc1ccc(C(=O)O[C@@H](C)C(=O)N(C)c2ccccc2)cc1OCC. The molecule has 0 aliphatic carbocycles. The van der Waals surface area contributed by atoms with Gasteiger partial charge >= 0.3 is 5.97 Å². The van der Waals surface area contributed by atoms with Crippen LogP contribution in [0.1, 0.15) is 31.1 Å². The van der Waals surface area contributed by atoms with Crippen LogP contribution in [0.4, 0.5) is 5.69 Å². The maximum absolute atomic E-state index is 12.5. The highest BCUT2D eigenvalue weighted by Crippen LogP contribution is 2.29. The van der Waals surface area contributed by atoms with E-state index in [4.69, 9.17) is 14.2 Å². The number of esters is 1. The minimum absolute atomic E-state index is 0.295. The number of carbonyl (C=O) groups excluding carboxylic acids is 2. The number of nitrogens with zero attached hydrogens (tertiary/aromatic N) is 1. The number of hydrogen-bond donors (Lipinski definition) is 0. The summed E-state index contributed by atoms with van der Waals surface area (Å²) in [5.74, 6) is 0.116. The van der Waals surface area contributed by atoms with E-state index in [1.54, 1.807) is 32.2 Å². The maximum atomic E-state index is 12.5. The lowest BCUT2D eigenvalue weighted by Crippen LogP contribution is -2.37. The third-order valence-corrected chi connectivity index (χ3v) is 3.88. The average molecular weight is 371 g/mol. The largest absolute Gasteiger partial charge is 0.490 e. The van der Waals surface area contributed by atoms with Gasteiger partial charge < -0.3 is 19.1 Å². The molecule has 0 radical (unpaired) electrons. The first-order valence-corrected chi connectivity index (χ1v) is 8.91. The molecule has 144 valence electrons. The van der Waals surface area contributed by atoms with Gasteiger partial charge in [-0.05, 0) is 51.1 Å². The van der Waals surface area contributed by atoms with Crippen molar-refractivity contribution in [1.29, 1.82) is 0 Å². The first kappa shape index (κ1) is 20.3. The van der Waals surface area contributed by atoms with Crippen LogP contribution < -0.4 is 14.4 Å². The second-order valence-electron chi connectivity index (χ2n) is 5.81. The van der Waals surface area contributed by atoms with E-state index in [1.807, 2.05) is 44.2 Å². The van der Waals surface area contributed by atoms with Gasteiger partial charge in [0.1, 0.15) is 0 Å². The van der Waals surface area contributed by atoms with Crippen molar-refractivity contribution in [3.63, 3.8) is 0 Å². The molecule has 0 fully saturated rings. The Kier molecular flexibility index (Phi) is 7.23. The van der Waals surface area contributed by atoms with E-state index in [-0.39, 0.29) is 5.91 Å². The summed E-state index contributed by atoms with van der Waals surface area (Å²) >= 11 is 0. The van der Waals surface area contributed by atoms with E-state index in [0.717, 1.165) is 5.69 Å². The molecule has 2 aromatic carbocycles. The molecule has 27 heavy (non-hydrogen) atoms.